The average molecular weight is 441 g/mol. The Labute approximate surface area is 183 Å². The van der Waals surface area contributed by atoms with Gasteiger partial charge in [0.25, 0.3) is 5.56 Å². The number of aromatic nitrogens is 5. The zero-order chi connectivity index (χ0) is 21.7. The summed E-state index contributed by atoms with van der Waals surface area (Å²) in [6.07, 6.45) is 5.46. The number of imidazole rings is 2. The lowest BCUT2D eigenvalue weighted by Gasteiger charge is -2.26. The SMILES string of the molecule is Cc1cn2c3c(=O)n(CCN4CCCCC4)c(=O)n(C)c3nc2n1-c1ccccc1Cl. The van der Waals surface area contributed by atoms with Crippen molar-refractivity contribution >= 4 is 28.5 Å². The molecular formula is C22H25ClN6O2. The Hall–Kier alpha value is -2.84. The fourth-order valence-corrected chi connectivity index (χ4v) is 4.78. The number of para-hydroxylation sites is 1. The van der Waals surface area contributed by atoms with Crippen LogP contribution >= 0.6 is 11.6 Å². The first-order valence-electron chi connectivity index (χ1n) is 10.6. The highest BCUT2D eigenvalue weighted by Crippen LogP contribution is 2.26. The number of likely N-dealkylation sites (tertiary alicyclic amines) is 1. The molecule has 0 unspecified atom stereocenters. The third kappa shape index (κ3) is 3.21. The molecule has 8 nitrogen and oxygen atoms in total. The molecule has 1 fully saturated rings. The fraction of sp³-hybridized carbons (Fsp3) is 0.409. The van der Waals surface area contributed by atoms with E-state index >= 15 is 0 Å². The van der Waals surface area contributed by atoms with E-state index in [1.165, 1.54) is 28.4 Å². The van der Waals surface area contributed by atoms with Gasteiger partial charge < -0.3 is 4.90 Å². The van der Waals surface area contributed by atoms with E-state index in [-0.39, 0.29) is 11.2 Å². The standard InChI is InChI=1S/C22H25ClN6O2/c1-15-14-28-18-19(24-21(28)29(15)17-9-5-4-8-16(17)23)25(2)22(31)27(20(18)30)13-12-26-10-6-3-7-11-26/h4-5,8-9,14H,3,6-7,10-13H2,1-2H3. The van der Waals surface area contributed by atoms with Crippen LogP contribution in [0.25, 0.3) is 22.6 Å². The second-order valence-electron chi connectivity index (χ2n) is 8.21. The van der Waals surface area contributed by atoms with Crippen molar-refractivity contribution in [3.05, 3.63) is 62.0 Å². The molecule has 1 aliphatic rings. The molecule has 0 aliphatic carbocycles. The van der Waals surface area contributed by atoms with Gasteiger partial charge in [-0.15, -0.1) is 0 Å². The minimum absolute atomic E-state index is 0.307. The van der Waals surface area contributed by atoms with Crippen LogP contribution in [0.3, 0.4) is 0 Å². The molecule has 5 rings (SSSR count). The maximum atomic E-state index is 13.4. The Morgan fingerprint density at radius 2 is 1.81 bits per heavy atom. The van der Waals surface area contributed by atoms with Gasteiger partial charge in [-0.2, -0.15) is 4.98 Å². The van der Waals surface area contributed by atoms with Crippen molar-refractivity contribution in [1.29, 1.82) is 0 Å². The van der Waals surface area contributed by atoms with E-state index in [1.54, 1.807) is 11.4 Å². The van der Waals surface area contributed by atoms with Crippen LogP contribution in [0.15, 0.2) is 40.1 Å². The molecule has 0 saturated carbocycles. The summed E-state index contributed by atoms with van der Waals surface area (Å²) in [6.45, 7) is 5.06. The lowest BCUT2D eigenvalue weighted by Crippen LogP contribution is -2.43. The first-order chi connectivity index (χ1) is 15.0. The number of piperidine rings is 1. The summed E-state index contributed by atoms with van der Waals surface area (Å²) < 4.78 is 6.48. The Morgan fingerprint density at radius 3 is 2.55 bits per heavy atom. The van der Waals surface area contributed by atoms with E-state index in [0.717, 1.165) is 24.5 Å². The number of nitrogens with zero attached hydrogens (tertiary/aromatic N) is 6. The number of hydrogen-bond donors (Lipinski definition) is 0. The van der Waals surface area contributed by atoms with Gasteiger partial charge in [0.15, 0.2) is 11.2 Å². The van der Waals surface area contributed by atoms with Crippen molar-refractivity contribution in [2.24, 2.45) is 7.05 Å². The van der Waals surface area contributed by atoms with Gasteiger partial charge in [-0.3, -0.25) is 22.9 Å². The van der Waals surface area contributed by atoms with Crippen molar-refractivity contribution in [2.45, 2.75) is 32.7 Å². The molecule has 31 heavy (non-hydrogen) atoms. The number of fused-ring (bicyclic) bond motifs is 3. The largest absolute Gasteiger partial charge is 0.332 e. The van der Waals surface area contributed by atoms with Crippen molar-refractivity contribution < 1.29 is 0 Å². The lowest BCUT2D eigenvalue weighted by molar-refractivity contribution is 0.218. The minimum atomic E-state index is -0.337. The lowest BCUT2D eigenvalue weighted by atomic mass is 10.1. The van der Waals surface area contributed by atoms with Gasteiger partial charge in [-0.25, -0.2) is 4.79 Å². The van der Waals surface area contributed by atoms with Gasteiger partial charge in [0.1, 0.15) is 0 Å². The molecule has 1 aliphatic heterocycles. The van der Waals surface area contributed by atoms with Crippen LogP contribution in [-0.2, 0) is 13.6 Å². The average Bonchev–Trinajstić information content (AvgIpc) is 3.28. The smallest absolute Gasteiger partial charge is 0.302 e. The van der Waals surface area contributed by atoms with Crippen LogP contribution in [0, 0.1) is 6.92 Å². The molecule has 0 atom stereocenters. The molecule has 162 valence electrons. The Kier molecular flexibility index (Phi) is 4.98. The topological polar surface area (TPSA) is 69.5 Å². The number of rotatable bonds is 4. The predicted molar refractivity (Wildman–Crippen MR) is 122 cm³/mol. The molecule has 9 heteroatoms. The third-order valence-corrected chi connectivity index (χ3v) is 6.53. The van der Waals surface area contributed by atoms with Crippen LogP contribution in [-0.4, -0.2) is 47.6 Å². The molecular weight excluding hydrogens is 416 g/mol. The summed E-state index contributed by atoms with van der Waals surface area (Å²) >= 11 is 6.43. The number of benzene rings is 1. The van der Waals surface area contributed by atoms with Crippen molar-refractivity contribution in [3.8, 4) is 5.69 Å². The van der Waals surface area contributed by atoms with Gasteiger partial charge in [-0.05, 0) is 45.0 Å². The molecule has 0 spiro atoms. The van der Waals surface area contributed by atoms with Gasteiger partial charge in [0.05, 0.1) is 10.7 Å². The van der Waals surface area contributed by atoms with E-state index in [2.05, 4.69) is 9.88 Å². The fourth-order valence-electron chi connectivity index (χ4n) is 4.56. The summed E-state index contributed by atoms with van der Waals surface area (Å²) in [5.41, 5.74) is 1.81. The number of aryl methyl sites for hydroxylation is 2. The highest BCUT2D eigenvalue weighted by atomic mass is 35.5. The zero-order valence-corrected chi connectivity index (χ0v) is 18.5. The normalized spacial score (nSPS) is 15.3. The first kappa shape index (κ1) is 20.1. The molecule has 0 amide bonds. The molecule has 1 saturated heterocycles. The Morgan fingerprint density at radius 1 is 1.06 bits per heavy atom. The summed E-state index contributed by atoms with van der Waals surface area (Å²) in [6, 6.07) is 7.50. The van der Waals surface area contributed by atoms with Crippen molar-refractivity contribution in [2.75, 3.05) is 19.6 Å². The van der Waals surface area contributed by atoms with Crippen molar-refractivity contribution in [1.82, 2.24) is 28.0 Å². The van der Waals surface area contributed by atoms with E-state index in [1.807, 2.05) is 42.0 Å². The maximum Gasteiger partial charge on any atom is 0.332 e. The van der Waals surface area contributed by atoms with E-state index < -0.39 is 0 Å². The first-order valence-corrected chi connectivity index (χ1v) is 11.0. The van der Waals surface area contributed by atoms with Crippen LogP contribution in [0.2, 0.25) is 5.02 Å². The van der Waals surface area contributed by atoms with Crippen molar-refractivity contribution in [3.63, 3.8) is 0 Å². The maximum absolute atomic E-state index is 13.4. The Balaban J connectivity index is 1.68. The summed E-state index contributed by atoms with van der Waals surface area (Å²) in [5, 5.41) is 0.587. The number of hydrogen-bond acceptors (Lipinski definition) is 4. The summed E-state index contributed by atoms with van der Waals surface area (Å²) in [4.78, 5) is 33.4. The molecule has 1 aromatic carbocycles. The van der Waals surface area contributed by atoms with Gasteiger partial charge >= 0.3 is 5.69 Å². The van der Waals surface area contributed by atoms with E-state index in [9.17, 15) is 9.59 Å². The van der Waals surface area contributed by atoms with Crippen LogP contribution in [0.5, 0.6) is 0 Å². The monoisotopic (exact) mass is 440 g/mol. The zero-order valence-electron chi connectivity index (χ0n) is 17.7. The third-order valence-electron chi connectivity index (χ3n) is 6.21. The second kappa shape index (κ2) is 7.69. The Bertz CT molecular complexity index is 1400. The molecule has 3 aromatic heterocycles. The van der Waals surface area contributed by atoms with Gasteiger partial charge in [-0.1, -0.05) is 30.2 Å². The summed E-state index contributed by atoms with van der Waals surface area (Å²) in [5.74, 6) is 0.557. The molecule has 4 aromatic rings. The van der Waals surface area contributed by atoms with E-state index in [0.29, 0.717) is 35.1 Å². The minimum Gasteiger partial charge on any atom is -0.302 e. The molecule has 4 heterocycles. The quantitative estimate of drug-likeness (QED) is 0.489. The summed E-state index contributed by atoms with van der Waals surface area (Å²) in [7, 11) is 1.67. The molecule has 0 N–H and O–H groups in total. The van der Waals surface area contributed by atoms with Gasteiger partial charge in [0, 0.05) is 32.0 Å². The van der Waals surface area contributed by atoms with Crippen LogP contribution in [0.1, 0.15) is 25.0 Å². The predicted octanol–water partition coefficient (Wildman–Crippen LogP) is 2.59. The molecule has 0 radical (unpaired) electrons. The van der Waals surface area contributed by atoms with E-state index in [4.69, 9.17) is 11.6 Å². The highest BCUT2D eigenvalue weighted by Gasteiger charge is 2.22. The highest BCUT2D eigenvalue weighted by molar-refractivity contribution is 6.32. The van der Waals surface area contributed by atoms with Gasteiger partial charge in [0.2, 0.25) is 5.78 Å². The molecule has 0 bridgehead atoms. The van der Waals surface area contributed by atoms with Crippen LogP contribution < -0.4 is 11.2 Å². The van der Waals surface area contributed by atoms with Crippen LogP contribution in [0.4, 0.5) is 0 Å². The number of halogens is 1. The second-order valence-corrected chi connectivity index (χ2v) is 8.62.